The molecule has 19 heavy (non-hydrogen) atoms. The maximum absolute atomic E-state index is 12.3. The summed E-state index contributed by atoms with van der Waals surface area (Å²) >= 11 is 9.06. The monoisotopic (exact) mass is 366 g/mol. The first kappa shape index (κ1) is 15.1. The highest BCUT2D eigenvalue weighted by atomic mass is 79.9. The number of rotatable bonds is 4. The molecule has 7 heteroatoms. The fourth-order valence-electron chi connectivity index (χ4n) is 2.08. The Balaban J connectivity index is 2.24. The van der Waals surface area contributed by atoms with E-state index in [2.05, 4.69) is 27.6 Å². The second kappa shape index (κ2) is 5.24. The molecular formula is C12H16BrClN2O2S. The lowest BCUT2D eigenvalue weighted by atomic mass is 9.71. The van der Waals surface area contributed by atoms with Crippen LogP contribution in [0.4, 0.5) is 5.69 Å². The Morgan fingerprint density at radius 3 is 2.63 bits per heavy atom. The van der Waals surface area contributed by atoms with Gasteiger partial charge in [0.1, 0.15) is 0 Å². The third kappa shape index (κ3) is 3.24. The molecule has 1 saturated carbocycles. The Morgan fingerprint density at radius 1 is 1.47 bits per heavy atom. The molecule has 1 aromatic rings. The van der Waals surface area contributed by atoms with Gasteiger partial charge in [0.05, 0.1) is 9.37 Å². The molecule has 4 nitrogen and oxygen atoms in total. The molecule has 0 unspecified atom stereocenters. The van der Waals surface area contributed by atoms with Gasteiger partial charge < -0.3 is 5.73 Å². The van der Waals surface area contributed by atoms with Crippen LogP contribution in [0.25, 0.3) is 0 Å². The highest BCUT2D eigenvalue weighted by Crippen LogP contribution is 2.40. The minimum atomic E-state index is -3.61. The van der Waals surface area contributed by atoms with Crippen molar-refractivity contribution in [1.29, 1.82) is 0 Å². The predicted octanol–water partition coefficient (Wildman–Crippen LogP) is 3.15. The van der Waals surface area contributed by atoms with Crippen LogP contribution in [0.2, 0.25) is 5.02 Å². The highest BCUT2D eigenvalue weighted by Gasteiger charge is 2.33. The summed E-state index contributed by atoms with van der Waals surface area (Å²) in [4.78, 5) is 0.0837. The molecule has 1 aliphatic rings. The van der Waals surface area contributed by atoms with E-state index in [1.807, 2.05) is 0 Å². The summed E-state index contributed by atoms with van der Waals surface area (Å²) in [5.41, 5.74) is 6.10. The molecule has 0 heterocycles. The molecule has 2 rings (SSSR count). The van der Waals surface area contributed by atoms with Crippen LogP contribution in [-0.4, -0.2) is 15.0 Å². The van der Waals surface area contributed by atoms with Gasteiger partial charge in [-0.15, -0.1) is 0 Å². The number of nitrogens with one attached hydrogen (secondary N) is 1. The zero-order valence-corrected chi connectivity index (χ0v) is 13.7. The van der Waals surface area contributed by atoms with Crippen molar-refractivity contribution in [2.45, 2.75) is 31.1 Å². The predicted molar refractivity (Wildman–Crippen MR) is 80.7 cm³/mol. The quantitative estimate of drug-likeness (QED) is 0.803. The van der Waals surface area contributed by atoms with Crippen molar-refractivity contribution >= 4 is 43.2 Å². The molecule has 0 radical (unpaired) electrons. The Labute approximate surface area is 126 Å². The summed E-state index contributed by atoms with van der Waals surface area (Å²) in [5.74, 6) is 0. The average molecular weight is 368 g/mol. The molecule has 0 saturated heterocycles. The molecule has 0 atom stereocenters. The van der Waals surface area contributed by atoms with Crippen molar-refractivity contribution < 1.29 is 8.42 Å². The lowest BCUT2D eigenvalue weighted by Crippen LogP contribution is -2.40. The van der Waals surface area contributed by atoms with Crippen LogP contribution in [0, 0.1) is 5.41 Å². The van der Waals surface area contributed by atoms with Gasteiger partial charge in [-0.05, 0) is 46.3 Å². The number of nitrogens with two attached hydrogens (primary N) is 1. The number of hydrogen-bond donors (Lipinski definition) is 2. The van der Waals surface area contributed by atoms with E-state index in [1.165, 1.54) is 12.1 Å². The summed E-state index contributed by atoms with van der Waals surface area (Å²) < 4.78 is 27.6. The molecular weight excluding hydrogens is 352 g/mol. The topological polar surface area (TPSA) is 72.2 Å². The lowest BCUT2D eigenvalue weighted by molar-refractivity contribution is 0.166. The average Bonchev–Trinajstić information content (AvgIpc) is 2.28. The fraction of sp³-hybridized carbons (Fsp3) is 0.500. The van der Waals surface area contributed by atoms with Crippen LogP contribution in [0.3, 0.4) is 0 Å². The van der Waals surface area contributed by atoms with Crippen LogP contribution < -0.4 is 10.5 Å². The van der Waals surface area contributed by atoms with E-state index >= 15 is 0 Å². The lowest BCUT2D eigenvalue weighted by Gasteiger charge is -2.38. The number of hydrogen-bond acceptors (Lipinski definition) is 3. The molecule has 1 aliphatic carbocycles. The molecule has 106 valence electrons. The van der Waals surface area contributed by atoms with E-state index in [0.717, 1.165) is 19.3 Å². The SMILES string of the molecule is CC1(CNS(=O)(=O)c2cc(Cl)cc(N)c2Br)CCC1. The van der Waals surface area contributed by atoms with Gasteiger partial charge in [-0.25, -0.2) is 13.1 Å². The molecule has 1 aromatic carbocycles. The van der Waals surface area contributed by atoms with Crippen molar-refractivity contribution in [2.75, 3.05) is 12.3 Å². The maximum atomic E-state index is 12.3. The van der Waals surface area contributed by atoms with Gasteiger partial charge in [0.2, 0.25) is 10.0 Å². The van der Waals surface area contributed by atoms with Gasteiger partial charge in [-0.1, -0.05) is 24.9 Å². The number of nitrogen functional groups attached to an aromatic ring is 1. The molecule has 0 aliphatic heterocycles. The largest absolute Gasteiger partial charge is 0.398 e. The number of halogens is 2. The molecule has 0 spiro atoms. The maximum Gasteiger partial charge on any atom is 0.241 e. The first-order valence-corrected chi connectivity index (χ1v) is 8.63. The van der Waals surface area contributed by atoms with E-state index in [9.17, 15) is 8.42 Å². The van der Waals surface area contributed by atoms with Gasteiger partial charge in [-0.3, -0.25) is 0 Å². The van der Waals surface area contributed by atoms with Gasteiger partial charge in [0.15, 0.2) is 0 Å². The van der Waals surface area contributed by atoms with Crippen molar-refractivity contribution in [3.63, 3.8) is 0 Å². The van der Waals surface area contributed by atoms with Gasteiger partial charge >= 0.3 is 0 Å². The Bertz CT molecular complexity index is 600. The van der Waals surface area contributed by atoms with Crippen molar-refractivity contribution in [1.82, 2.24) is 4.72 Å². The van der Waals surface area contributed by atoms with Crippen LogP contribution in [0.5, 0.6) is 0 Å². The molecule has 0 amide bonds. The summed E-state index contributed by atoms with van der Waals surface area (Å²) in [6, 6.07) is 2.91. The highest BCUT2D eigenvalue weighted by molar-refractivity contribution is 9.10. The van der Waals surface area contributed by atoms with Crippen LogP contribution in [-0.2, 0) is 10.0 Å². The van der Waals surface area contributed by atoms with Crippen molar-refractivity contribution in [3.8, 4) is 0 Å². The number of benzene rings is 1. The Morgan fingerprint density at radius 2 is 2.11 bits per heavy atom. The molecule has 0 bridgehead atoms. The first-order valence-electron chi connectivity index (χ1n) is 5.98. The fourth-order valence-corrected chi connectivity index (χ4v) is 4.57. The second-order valence-electron chi connectivity index (χ2n) is 5.30. The van der Waals surface area contributed by atoms with Crippen LogP contribution in [0.1, 0.15) is 26.2 Å². The summed E-state index contributed by atoms with van der Waals surface area (Å²) in [6.07, 6.45) is 3.26. The second-order valence-corrected chi connectivity index (χ2v) is 8.26. The van der Waals surface area contributed by atoms with E-state index in [1.54, 1.807) is 0 Å². The zero-order valence-electron chi connectivity index (χ0n) is 10.5. The minimum Gasteiger partial charge on any atom is -0.398 e. The number of sulfonamides is 1. The van der Waals surface area contributed by atoms with Crippen molar-refractivity contribution in [2.24, 2.45) is 5.41 Å². The minimum absolute atomic E-state index is 0.0731. The van der Waals surface area contributed by atoms with Gasteiger partial charge in [0, 0.05) is 17.3 Å². The molecule has 3 N–H and O–H groups in total. The van der Waals surface area contributed by atoms with Crippen LogP contribution >= 0.6 is 27.5 Å². The molecule has 1 fully saturated rings. The third-order valence-corrected chi connectivity index (χ3v) is 6.36. The Kier molecular flexibility index (Phi) is 4.16. The van der Waals surface area contributed by atoms with Gasteiger partial charge in [-0.2, -0.15) is 0 Å². The first-order chi connectivity index (χ1) is 8.73. The standard InChI is InChI=1S/C12H16BrClN2O2S/c1-12(3-2-4-12)7-16-19(17,18)10-6-8(14)5-9(15)11(10)13/h5-6,16H,2-4,7,15H2,1H3. The van der Waals surface area contributed by atoms with E-state index in [4.69, 9.17) is 17.3 Å². The third-order valence-electron chi connectivity index (χ3n) is 3.57. The summed E-state index contributed by atoms with van der Waals surface area (Å²) in [5, 5.41) is 0.302. The normalized spacial score (nSPS) is 18.1. The Hall–Kier alpha value is -0.300. The van der Waals surface area contributed by atoms with E-state index < -0.39 is 10.0 Å². The molecule has 0 aromatic heterocycles. The van der Waals surface area contributed by atoms with E-state index in [-0.39, 0.29) is 10.3 Å². The summed E-state index contributed by atoms with van der Waals surface area (Å²) in [7, 11) is -3.61. The summed E-state index contributed by atoms with van der Waals surface area (Å²) in [6.45, 7) is 2.52. The van der Waals surface area contributed by atoms with Gasteiger partial charge in [0.25, 0.3) is 0 Å². The van der Waals surface area contributed by atoms with Crippen molar-refractivity contribution in [3.05, 3.63) is 21.6 Å². The zero-order chi connectivity index (χ0) is 14.3. The number of anilines is 1. The van der Waals surface area contributed by atoms with E-state index in [0.29, 0.717) is 21.7 Å². The van der Waals surface area contributed by atoms with Crippen LogP contribution in [0.15, 0.2) is 21.5 Å². The smallest absolute Gasteiger partial charge is 0.241 e.